The Morgan fingerprint density at radius 3 is 2.68 bits per heavy atom. The molecule has 4 rings (SSSR count). The van der Waals surface area contributed by atoms with Gasteiger partial charge in [-0.15, -0.1) is 0 Å². The molecule has 5 nitrogen and oxygen atoms in total. The minimum Gasteiger partial charge on any atom is -0.481 e. The molecule has 1 aromatic heterocycles. The number of carbonyl (C=O) groups excluding carboxylic acids is 1. The Morgan fingerprint density at radius 2 is 1.89 bits per heavy atom. The lowest BCUT2D eigenvalue weighted by Gasteiger charge is -2.24. The molecule has 2 heterocycles. The van der Waals surface area contributed by atoms with Gasteiger partial charge in [0.05, 0.1) is 17.9 Å². The van der Waals surface area contributed by atoms with E-state index in [2.05, 4.69) is 31.2 Å². The lowest BCUT2D eigenvalue weighted by molar-refractivity contribution is -0.138. The quantitative estimate of drug-likeness (QED) is 0.691. The highest BCUT2D eigenvalue weighted by molar-refractivity contribution is 5.81. The molecule has 2 aromatic carbocycles. The van der Waals surface area contributed by atoms with E-state index in [1.807, 2.05) is 52.9 Å². The molecule has 144 valence electrons. The van der Waals surface area contributed by atoms with Crippen LogP contribution in [0.15, 0.2) is 60.7 Å². The molecule has 1 amide bonds. The second kappa shape index (κ2) is 7.89. The third-order valence-electron chi connectivity index (χ3n) is 5.04. The summed E-state index contributed by atoms with van der Waals surface area (Å²) in [5.74, 6) is 0.723. The highest BCUT2D eigenvalue weighted by Gasteiger charge is 2.25. The highest BCUT2D eigenvalue weighted by atomic mass is 16.5. The largest absolute Gasteiger partial charge is 0.481 e. The van der Waals surface area contributed by atoms with E-state index >= 15 is 0 Å². The van der Waals surface area contributed by atoms with E-state index in [1.165, 1.54) is 5.56 Å². The van der Waals surface area contributed by atoms with Crippen LogP contribution in [-0.2, 0) is 17.9 Å². The molecule has 0 radical (unpaired) electrons. The standard InChI is InChI=1S/C23H25N3O2/c1-17-8-6-9-19(14-17)22-15-20-16-25(12-7-13-26(20)24-22)23(27)18(2)28-21-10-4-3-5-11-21/h3-6,8-11,14-15,18H,7,12-13,16H2,1-2H3/t18-/m0/s1. The van der Waals surface area contributed by atoms with Crippen LogP contribution < -0.4 is 4.74 Å². The number of carbonyl (C=O) groups is 1. The van der Waals surface area contributed by atoms with Gasteiger partial charge in [-0.1, -0.05) is 42.0 Å². The third kappa shape index (κ3) is 3.93. The van der Waals surface area contributed by atoms with Crippen LogP contribution >= 0.6 is 0 Å². The first kappa shape index (κ1) is 18.3. The maximum atomic E-state index is 13.0. The number of fused-ring (bicyclic) bond motifs is 1. The fraction of sp³-hybridized carbons (Fsp3) is 0.304. The molecule has 0 fully saturated rings. The maximum Gasteiger partial charge on any atom is 0.263 e. The highest BCUT2D eigenvalue weighted by Crippen LogP contribution is 2.23. The molecule has 28 heavy (non-hydrogen) atoms. The molecule has 0 saturated carbocycles. The summed E-state index contributed by atoms with van der Waals surface area (Å²) in [7, 11) is 0. The van der Waals surface area contributed by atoms with E-state index in [4.69, 9.17) is 9.84 Å². The molecule has 5 heteroatoms. The maximum absolute atomic E-state index is 13.0. The van der Waals surface area contributed by atoms with Gasteiger partial charge in [0.25, 0.3) is 5.91 Å². The SMILES string of the molecule is Cc1cccc(-c2cc3n(n2)CCCN(C(=O)[C@H](C)Oc2ccccc2)C3)c1. The van der Waals surface area contributed by atoms with Gasteiger partial charge in [0.1, 0.15) is 5.75 Å². The molecule has 0 unspecified atom stereocenters. The molecular weight excluding hydrogens is 350 g/mol. The van der Waals surface area contributed by atoms with Crippen molar-refractivity contribution in [3.8, 4) is 17.0 Å². The second-order valence-corrected chi connectivity index (χ2v) is 7.30. The number of amides is 1. The summed E-state index contributed by atoms with van der Waals surface area (Å²) in [5.41, 5.74) is 4.35. The molecule has 0 bridgehead atoms. The normalized spacial score (nSPS) is 14.9. The molecule has 0 saturated heterocycles. The van der Waals surface area contributed by atoms with Crippen LogP contribution in [0.5, 0.6) is 5.75 Å². The van der Waals surface area contributed by atoms with Crippen LogP contribution in [0.1, 0.15) is 24.6 Å². The Bertz CT molecular complexity index is 965. The van der Waals surface area contributed by atoms with Gasteiger partial charge < -0.3 is 9.64 Å². The summed E-state index contributed by atoms with van der Waals surface area (Å²) in [6.45, 7) is 5.98. The number of aryl methyl sites for hydroxylation is 2. The number of ether oxygens (including phenoxy) is 1. The summed E-state index contributed by atoms with van der Waals surface area (Å²) >= 11 is 0. The average Bonchev–Trinajstić information content (AvgIpc) is 3.00. The number of nitrogens with zero attached hydrogens (tertiary/aromatic N) is 3. The fourth-order valence-electron chi connectivity index (χ4n) is 3.61. The zero-order valence-electron chi connectivity index (χ0n) is 16.3. The monoisotopic (exact) mass is 375 g/mol. The Labute approximate surface area is 165 Å². The summed E-state index contributed by atoms with van der Waals surface area (Å²) in [5, 5.41) is 4.78. The number of para-hydroxylation sites is 1. The van der Waals surface area contributed by atoms with Crippen LogP contribution in [0.4, 0.5) is 0 Å². The van der Waals surface area contributed by atoms with E-state index in [0.29, 0.717) is 18.8 Å². The Kier molecular flexibility index (Phi) is 5.15. The van der Waals surface area contributed by atoms with Crippen molar-refractivity contribution in [3.05, 3.63) is 71.9 Å². The Hall–Kier alpha value is -3.08. The van der Waals surface area contributed by atoms with Crippen molar-refractivity contribution < 1.29 is 9.53 Å². The lowest BCUT2D eigenvalue weighted by atomic mass is 10.1. The number of hydrogen-bond donors (Lipinski definition) is 0. The smallest absolute Gasteiger partial charge is 0.263 e. The van der Waals surface area contributed by atoms with Gasteiger partial charge in [-0.25, -0.2) is 0 Å². The minimum atomic E-state index is -0.520. The van der Waals surface area contributed by atoms with Gasteiger partial charge in [0.15, 0.2) is 6.10 Å². The number of rotatable bonds is 4. The number of hydrogen-bond acceptors (Lipinski definition) is 3. The van der Waals surface area contributed by atoms with Gasteiger partial charge >= 0.3 is 0 Å². The number of benzene rings is 2. The van der Waals surface area contributed by atoms with Crippen molar-refractivity contribution in [1.29, 1.82) is 0 Å². The van der Waals surface area contributed by atoms with Gasteiger partial charge in [-0.2, -0.15) is 5.10 Å². The minimum absolute atomic E-state index is 0.00982. The predicted molar refractivity (Wildman–Crippen MR) is 109 cm³/mol. The van der Waals surface area contributed by atoms with Crippen molar-refractivity contribution in [2.45, 2.75) is 39.5 Å². The summed E-state index contributed by atoms with van der Waals surface area (Å²) in [6.07, 6.45) is 0.360. The molecule has 0 spiro atoms. The molecule has 1 aliphatic rings. The summed E-state index contributed by atoms with van der Waals surface area (Å²) in [6, 6.07) is 19.9. The first-order chi connectivity index (χ1) is 13.6. The average molecular weight is 375 g/mol. The Morgan fingerprint density at radius 1 is 1.07 bits per heavy atom. The van der Waals surface area contributed by atoms with E-state index in [1.54, 1.807) is 0 Å². The van der Waals surface area contributed by atoms with Crippen LogP contribution in [0, 0.1) is 6.92 Å². The molecular formula is C23H25N3O2. The summed E-state index contributed by atoms with van der Waals surface area (Å²) in [4.78, 5) is 14.8. The molecule has 0 aliphatic carbocycles. The first-order valence-electron chi connectivity index (χ1n) is 9.74. The van der Waals surface area contributed by atoms with Crippen molar-refractivity contribution in [2.24, 2.45) is 0 Å². The van der Waals surface area contributed by atoms with Gasteiger partial charge in [-0.05, 0) is 44.5 Å². The van der Waals surface area contributed by atoms with Crippen LogP contribution in [0.25, 0.3) is 11.3 Å². The number of aromatic nitrogens is 2. The van der Waals surface area contributed by atoms with Crippen molar-refractivity contribution >= 4 is 5.91 Å². The summed E-state index contributed by atoms with van der Waals surface area (Å²) < 4.78 is 7.87. The van der Waals surface area contributed by atoms with Crippen LogP contribution in [0.2, 0.25) is 0 Å². The van der Waals surface area contributed by atoms with E-state index < -0.39 is 6.10 Å². The molecule has 1 atom stereocenters. The molecule has 0 N–H and O–H groups in total. The Balaban J connectivity index is 1.50. The zero-order chi connectivity index (χ0) is 19.5. The van der Waals surface area contributed by atoms with Crippen LogP contribution in [-0.4, -0.2) is 33.2 Å². The topological polar surface area (TPSA) is 47.4 Å². The third-order valence-corrected chi connectivity index (χ3v) is 5.04. The van der Waals surface area contributed by atoms with E-state index in [0.717, 1.165) is 29.9 Å². The van der Waals surface area contributed by atoms with Gasteiger partial charge in [0, 0.05) is 18.7 Å². The van der Waals surface area contributed by atoms with Crippen LogP contribution in [0.3, 0.4) is 0 Å². The van der Waals surface area contributed by atoms with Crippen molar-refractivity contribution in [2.75, 3.05) is 6.54 Å². The van der Waals surface area contributed by atoms with Crippen molar-refractivity contribution in [3.63, 3.8) is 0 Å². The van der Waals surface area contributed by atoms with Crippen molar-refractivity contribution in [1.82, 2.24) is 14.7 Å². The first-order valence-corrected chi connectivity index (χ1v) is 9.74. The molecule has 3 aromatic rings. The fourth-order valence-corrected chi connectivity index (χ4v) is 3.61. The second-order valence-electron chi connectivity index (χ2n) is 7.30. The molecule has 1 aliphatic heterocycles. The van der Waals surface area contributed by atoms with Gasteiger partial charge in [0.2, 0.25) is 0 Å². The van der Waals surface area contributed by atoms with Gasteiger partial charge in [-0.3, -0.25) is 9.48 Å². The zero-order valence-corrected chi connectivity index (χ0v) is 16.3. The van der Waals surface area contributed by atoms with E-state index in [9.17, 15) is 4.79 Å². The van der Waals surface area contributed by atoms with E-state index in [-0.39, 0.29) is 5.91 Å². The lowest BCUT2D eigenvalue weighted by Crippen LogP contribution is -2.40. The predicted octanol–water partition coefficient (Wildman–Crippen LogP) is 4.06.